The van der Waals surface area contributed by atoms with Crippen LogP contribution in [0.1, 0.15) is 17.3 Å². The zero-order valence-corrected chi connectivity index (χ0v) is 11.6. The van der Waals surface area contributed by atoms with Crippen LogP contribution in [-0.4, -0.2) is 10.7 Å². The average molecular weight is 310 g/mol. The first-order valence-corrected chi connectivity index (χ1v) is 6.18. The summed E-state index contributed by atoms with van der Waals surface area (Å²) in [6.07, 6.45) is 0. The van der Waals surface area contributed by atoms with Crippen molar-refractivity contribution in [1.29, 1.82) is 0 Å². The van der Waals surface area contributed by atoms with E-state index in [4.69, 9.17) is 16.3 Å². The van der Waals surface area contributed by atoms with Gasteiger partial charge in [-0.1, -0.05) is 11.6 Å². The smallest absolute Gasteiger partial charge is 0.283 e. The van der Waals surface area contributed by atoms with Crippen molar-refractivity contribution in [2.24, 2.45) is 0 Å². The molecule has 2 aromatic carbocycles. The molecule has 7 heteroatoms. The number of Topliss-reactive ketones (excluding diaryl/α,β-unsaturated/α-hetero) is 1. The monoisotopic (exact) mass is 309 g/mol. The number of benzene rings is 2. The number of nitrogens with zero attached hydrogens (tertiary/aromatic N) is 1. The summed E-state index contributed by atoms with van der Waals surface area (Å²) in [7, 11) is 0. The Balaban J connectivity index is 2.36. The highest BCUT2D eigenvalue weighted by atomic mass is 35.5. The first kappa shape index (κ1) is 14.9. The molecule has 0 spiro atoms. The minimum Gasteiger partial charge on any atom is -0.457 e. The van der Waals surface area contributed by atoms with Crippen molar-refractivity contribution >= 4 is 23.1 Å². The predicted octanol–water partition coefficient (Wildman–Crippen LogP) is 4.38. The lowest BCUT2D eigenvalue weighted by Crippen LogP contribution is -2.00. The topological polar surface area (TPSA) is 69.4 Å². The zero-order chi connectivity index (χ0) is 15.6. The van der Waals surface area contributed by atoms with Gasteiger partial charge in [0.25, 0.3) is 5.69 Å². The highest BCUT2D eigenvalue weighted by Crippen LogP contribution is 2.30. The Morgan fingerprint density at radius 2 is 1.86 bits per heavy atom. The molecule has 2 aromatic rings. The summed E-state index contributed by atoms with van der Waals surface area (Å²) < 4.78 is 18.6. The van der Waals surface area contributed by atoms with E-state index in [9.17, 15) is 19.3 Å². The maximum Gasteiger partial charge on any atom is 0.283 e. The van der Waals surface area contributed by atoms with Crippen LogP contribution in [0, 0.1) is 15.9 Å². The lowest BCUT2D eigenvalue weighted by molar-refractivity contribution is -0.385. The van der Waals surface area contributed by atoms with Crippen LogP contribution in [0.25, 0.3) is 0 Å². The summed E-state index contributed by atoms with van der Waals surface area (Å²) in [5, 5.41) is 10.9. The van der Waals surface area contributed by atoms with E-state index in [1.807, 2.05) is 0 Å². The van der Waals surface area contributed by atoms with E-state index < -0.39 is 16.5 Å². The van der Waals surface area contributed by atoms with E-state index in [2.05, 4.69) is 0 Å². The molecule has 2 rings (SSSR count). The molecule has 0 unspecified atom stereocenters. The van der Waals surface area contributed by atoms with Gasteiger partial charge in [-0.15, -0.1) is 0 Å². The fourth-order valence-electron chi connectivity index (χ4n) is 1.70. The number of rotatable bonds is 4. The minimum atomic E-state index is -0.675. The minimum absolute atomic E-state index is 0.0189. The number of nitro groups is 1. The van der Waals surface area contributed by atoms with Gasteiger partial charge in [0.2, 0.25) is 0 Å². The summed E-state index contributed by atoms with van der Waals surface area (Å²) in [5.74, 6) is -0.829. The Hall–Kier alpha value is -2.47. The predicted molar refractivity (Wildman–Crippen MR) is 74.6 cm³/mol. The molecule has 0 atom stereocenters. The molecule has 0 aliphatic carbocycles. The number of ketones is 1. The van der Waals surface area contributed by atoms with E-state index in [1.54, 1.807) is 0 Å². The SMILES string of the molecule is CC(=O)c1ccc(Oc2ccc(Cl)c(F)c2)cc1[N+](=O)[O-]. The van der Waals surface area contributed by atoms with Crippen molar-refractivity contribution in [1.82, 2.24) is 0 Å². The average Bonchev–Trinajstić information content (AvgIpc) is 2.42. The number of ether oxygens (including phenoxy) is 1. The normalized spacial score (nSPS) is 10.2. The van der Waals surface area contributed by atoms with Gasteiger partial charge in [-0.05, 0) is 31.2 Å². The molecule has 0 amide bonds. The van der Waals surface area contributed by atoms with Gasteiger partial charge in [-0.2, -0.15) is 0 Å². The number of halogens is 2. The molecule has 0 saturated heterocycles. The van der Waals surface area contributed by atoms with Gasteiger partial charge in [0, 0.05) is 6.07 Å². The lowest BCUT2D eigenvalue weighted by atomic mass is 10.1. The van der Waals surface area contributed by atoms with Gasteiger partial charge in [0.05, 0.1) is 21.6 Å². The molecule has 0 N–H and O–H groups in total. The van der Waals surface area contributed by atoms with E-state index in [1.165, 1.54) is 31.2 Å². The van der Waals surface area contributed by atoms with Gasteiger partial charge < -0.3 is 4.74 Å². The lowest BCUT2D eigenvalue weighted by Gasteiger charge is -2.07. The summed E-state index contributed by atoms with van der Waals surface area (Å²) in [5.41, 5.74) is -0.385. The van der Waals surface area contributed by atoms with Crippen LogP contribution in [0.5, 0.6) is 11.5 Å². The van der Waals surface area contributed by atoms with Crippen LogP contribution >= 0.6 is 11.6 Å². The first-order chi connectivity index (χ1) is 9.88. The maximum atomic E-state index is 13.3. The number of carbonyl (C=O) groups is 1. The molecule has 108 valence electrons. The summed E-state index contributed by atoms with van der Waals surface area (Å²) >= 11 is 5.55. The van der Waals surface area contributed by atoms with E-state index in [0.29, 0.717) is 0 Å². The van der Waals surface area contributed by atoms with Gasteiger partial charge >= 0.3 is 0 Å². The fourth-order valence-corrected chi connectivity index (χ4v) is 1.82. The Morgan fingerprint density at radius 1 is 1.24 bits per heavy atom. The van der Waals surface area contributed by atoms with Gasteiger partial charge in [0.15, 0.2) is 5.78 Å². The fraction of sp³-hybridized carbons (Fsp3) is 0.0714. The number of carbonyl (C=O) groups excluding carboxylic acids is 1. The maximum absolute atomic E-state index is 13.3. The molecule has 0 saturated carbocycles. The van der Waals surface area contributed by atoms with Crippen LogP contribution in [0.3, 0.4) is 0 Å². The second kappa shape index (κ2) is 5.88. The van der Waals surface area contributed by atoms with Crippen LogP contribution in [0.15, 0.2) is 36.4 Å². The third kappa shape index (κ3) is 3.35. The van der Waals surface area contributed by atoms with Crippen molar-refractivity contribution in [2.75, 3.05) is 0 Å². The number of nitro benzene ring substituents is 1. The van der Waals surface area contributed by atoms with Crippen molar-refractivity contribution < 1.29 is 18.8 Å². The molecule has 0 aliphatic heterocycles. The van der Waals surface area contributed by atoms with Crippen molar-refractivity contribution in [3.63, 3.8) is 0 Å². The van der Waals surface area contributed by atoms with Gasteiger partial charge in [0.1, 0.15) is 17.3 Å². The summed E-state index contributed by atoms with van der Waals surface area (Å²) in [4.78, 5) is 21.6. The molecule has 0 aliphatic rings. The Kier molecular flexibility index (Phi) is 4.18. The summed E-state index contributed by atoms with van der Waals surface area (Å²) in [6.45, 7) is 1.23. The molecule has 21 heavy (non-hydrogen) atoms. The standard InChI is InChI=1S/C14H9ClFNO4/c1-8(18)11-4-2-10(7-14(11)17(19)20)21-9-3-5-12(15)13(16)6-9/h2-7H,1H3. The van der Waals surface area contributed by atoms with Gasteiger partial charge in [-0.25, -0.2) is 4.39 Å². The highest BCUT2D eigenvalue weighted by molar-refractivity contribution is 6.30. The molecule has 0 fully saturated rings. The number of hydrogen-bond acceptors (Lipinski definition) is 4. The van der Waals surface area contributed by atoms with Crippen molar-refractivity contribution in [3.8, 4) is 11.5 Å². The Bertz CT molecular complexity index is 733. The van der Waals surface area contributed by atoms with Crippen LogP contribution in [0.2, 0.25) is 5.02 Å². The molecule has 0 bridgehead atoms. The third-order valence-electron chi connectivity index (χ3n) is 2.67. The molecule has 0 radical (unpaired) electrons. The zero-order valence-electron chi connectivity index (χ0n) is 10.8. The highest BCUT2D eigenvalue weighted by Gasteiger charge is 2.18. The third-order valence-corrected chi connectivity index (χ3v) is 2.98. The quantitative estimate of drug-likeness (QED) is 0.477. The second-order valence-corrected chi connectivity index (χ2v) is 4.58. The number of hydrogen-bond donors (Lipinski definition) is 0. The van der Waals surface area contributed by atoms with Crippen LogP contribution < -0.4 is 4.74 Å². The largest absolute Gasteiger partial charge is 0.457 e. The molecule has 0 aromatic heterocycles. The molecule has 0 heterocycles. The Morgan fingerprint density at radius 3 is 2.43 bits per heavy atom. The summed E-state index contributed by atoms with van der Waals surface area (Å²) in [6, 6.07) is 7.61. The second-order valence-electron chi connectivity index (χ2n) is 4.17. The van der Waals surface area contributed by atoms with Crippen LogP contribution in [0.4, 0.5) is 10.1 Å². The van der Waals surface area contributed by atoms with E-state index >= 15 is 0 Å². The molecule has 5 nitrogen and oxygen atoms in total. The van der Waals surface area contributed by atoms with E-state index in [0.717, 1.165) is 12.1 Å². The van der Waals surface area contributed by atoms with E-state index in [-0.39, 0.29) is 27.8 Å². The first-order valence-electron chi connectivity index (χ1n) is 5.81. The van der Waals surface area contributed by atoms with Crippen molar-refractivity contribution in [2.45, 2.75) is 6.92 Å². The molecular weight excluding hydrogens is 301 g/mol. The molecular formula is C14H9ClFNO4. The van der Waals surface area contributed by atoms with Crippen LogP contribution in [-0.2, 0) is 0 Å². The van der Waals surface area contributed by atoms with Crippen molar-refractivity contribution in [3.05, 3.63) is 62.9 Å². The Labute approximate surface area is 124 Å². The van der Waals surface area contributed by atoms with Gasteiger partial charge in [-0.3, -0.25) is 14.9 Å².